The van der Waals surface area contributed by atoms with Gasteiger partial charge in [0, 0.05) is 33.6 Å². The highest BCUT2D eigenvalue weighted by Gasteiger charge is 2.17. The van der Waals surface area contributed by atoms with E-state index >= 15 is 0 Å². The van der Waals surface area contributed by atoms with Crippen LogP contribution in [-0.2, 0) is 0 Å². The van der Waals surface area contributed by atoms with Crippen molar-refractivity contribution in [1.29, 1.82) is 0 Å². The third-order valence-electron chi connectivity index (χ3n) is 10.4. The minimum atomic E-state index is 0.885. The Labute approximate surface area is 320 Å². The minimum absolute atomic E-state index is 0.885. The lowest BCUT2D eigenvalue weighted by Gasteiger charge is -2.26. The number of benzene rings is 9. The number of fused-ring (bicyclic) bond motifs is 5. The van der Waals surface area contributed by atoms with Crippen molar-refractivity contribution in [3.63, 3.8) is 0 Å². The van der Waals surface area contributed by atoms with Crippen molar-refractivity contribution in [1.82, 2.24) is 9.97 Å². The van der Waals surface area contributed by atoms with Crippen molar-refractivity contribution in [2.45, 2.75) is 0 Å². The molecule has 0 unspecified atom stereocenters. The summed E-state index contributed by atoms with van der Waals surface area (Å²) in [5.74, 6) is 0. The highest BCUT2D eigenvalue weighted by molar-refractivity contribution is 6.19. The van der Waals surface area contributed by atoms with E-state index in [2.05, 4.69) is 205 Å². The maximum Gasteiger partial charge on any atom is 0.0979 e. The molecule has 258 valence electrons. The van der Waals surface area contributed by atoms with Gasteiger partial charge in [0.2, 0.25) is 0 Å². The van der Waals surface area contributed by atoms with Crippen LogP contribution in [0, 0.1) is 0 Å². The van der Waals surface area contributed by atoms with Crippen LogP contribution in [0.1, 0.15) is 0 Å². The summed E-state index contributed by atoms with van der Waals surface area (Å²) < 4.78 is 0. The first-order valence-corrected chi connectivity index (χ1v) is 18.7. The van der Waals surface area contributed by atoms with Gasteiger partial charge in [0.15, 0.2) is 0 Å². The molecular weight excluding hydrogens is 667 g/mol. The molecular formula is C52H35N3. The third kappa shape index (κ3) is 6.08. The molecule has 0 radical (unpaired) electrons. The standard InChI is InChI=1S/C52H35N3/c1-5-13-36(14-6-1)37-23-29-45(30-24-37)55(44-19-11-4-12-20-44)46-31-25-38(26-32-46)42-27-33-47-43(35-42)22-21-39-28-34-48-52(49(39)47)54-51(41-17-9-3-10-18-41)50(53-48)40-15-7-2-8-16-40/h1-35H. The molecule has 0 atom stereocenters. The fourth-order valence-corrected chi connectivity index (χ4v) is 7.70. The quantitative estimate of drug-likeness (QED) is 0.155. The second-order valence-electron chi connectivity index (χ2n) is 13.8. The van der Waals surface area contributed by atoms with Crippen LogP contribution >= 0.6 is 0 Å². The lowest BCUT2D eigenvalue weighted by molar-refractivity contribution is 1.28. The fraction of sp³-hybridized carbons (Fsp3) is 0. The molecule has 1 aromatic heterocycles. The second kappa shape index (κ2) is 13.9. The third-order valence-corrected chi connectivity index (χ3v) is 10.4. The summed E-state index contributed by atoms with van der Waals surface area (Å²) in [6.45, 7) is 0. The SMILES string of the molecule is c1ccc(-c2ccc(N(c3ccccc3)c3ccc(-c4ccc5c(ccc6ccc7nc(-c8ccccc8)c(-c8ccccc8)nc7c65)c4)cc3)cc2)cc1. The van der Waals surface area contributed by atoms with E-state index in [-0.39, 0.29) is 0 Å². The molecule has 10 aromatic rings. The fourth-order valence-electron chi connectivity index (χ4n) is 7.70. The maximum atomic E-state index is 5.41. The minimum Gasteiger partial charge on any atom is -0.311 e. The van der Waals surface area contributed by atoms with Gasteiger partial charge in [-0.15, -0.1) is 0 Å². The first-order valence-electron chi connectivity index (χ1n) is 18.7. The molecule has 0 saturated carbocycles. The van der Waals surface area contributed by atoms with Crippen LogP contribution in [0.4, 0.5) is 17.1 Å². The molecule has 0 amide bonds. The predicted octanol–water partition coefficient (Wildman–Crippen LogP) is 14.1. The molecule has 10 rings (SSSR count). The number of anilines is 3. The topological polar surface area (TPSA) is 29.0 Å². The Bertz CT molecular complexity index is 2930. The zero-order valence-corrected chi connectivity index (χ0v) is 30.0. The average molecular weight is 702 g/mol. The van der Waals surface area contributed by atoms with Gasteiger partial charge in [-0.05, 0) is 86.9 Å². The van der Waals surface area contributed by atoms with Crippen molar-refractivity contribution in [2.24, 2.45) is 0 Å². The van der Waals surface area contributed by atoms with Crippen LogP contribution in [-0.4, -0.2) is 9.97 Å². The van der Waals surface area contributed by atoms with E-state index < -0.39 is 0 Å². The van der Waals surface area contributed by atoms with Gasteiger partial charge in [0.1, 0.15) is 0 Å². The van der Waals surface area contributed by atoms with Gasteiger partial charge in [-0.3, -0.25) is 0 Å². The van der Waals surface area contributed by atoms with Gasteiger partial charge in [-0.2, -0.15) is 0 Å². The molecule has 0 fully saturated rings. The number of hydrogen-bond donors (Lipinski definition) is 0. The largest absolute Gasteiger partial charge is 0.311 e. The van der Waals surface area contributed by atoms with E-state index in [9.17, 15) is 0 Å². The van der Waals surface area contributed by atoms with E-state index in [0.717, 1.165) is 66.9 Å². The molecule has 0 saturated heterocycles. The molecule has 0 aliphatic carbocycles. The highest BCUT2D eigenvalue weighted by atomic mass is 15.1. The van der Waals surface area contributed by atoms with Crippen molar-refractivity contribution >= 4 is 49.6 Å². The zero-order valence-electron chi connectivity index (χ0n) is 30.0. The molecule has 0 aliphatic rings. The second-order valence-corrected chi connectivity index (χ2v) is 13.8. The molecule has 0 spiro atoms. The molecule has 0 aliphatic heterocycles. The monoisotopic (exact) mass is 701 g/mol. The van der Waals surface area contributed by atoms with E-state index in [0.29, 0.717) is 0 Å². The Kier molecular flexibility index (Phi) is 8.16. The van der Waals surface area contributed by atoms with E-state index in [4.69, 9.17) is 9.97 Å². The molecule has 0 N–H and O–H groups in total. The summed E-state index contributed by atoms with van der Waals surface area (Å²) in [5.41, 5.74) is 13.7. The maximum absolute atomic E-state index is 5.41. The van der Waals surface area contributed by atoms with Crippen molar-refractivity contribution < 1.29 is 0 Å². The molecule has 55 heavy (non-hydrogen) atoms. The van der Waals surface area contributed by atoms with Crippen LogP contribution in [0.15, 0.2) is 212 Å². The Morgan fingerprint density at radius 1 is 0.309 bits per heavy atom. The van der Waals surface area contributed by atoms with Crippen LogP contribution < -0.4 is 4.90 Å². The van der Waals surface area contributed by atoms with Gasteiger partial charge in [-0.1, -0.05) is 164 Å². The van der Waals surface area contributed by atoms with Crippen molar-refractivity contribution in [3.05, 3.63) is 212 Å². The molecule has 3 nitrogen and oxygen atoms in total. The number of aromatic nitrogens is 2. The number of para-hydroxylation sites is 1. The van der Waals surface area contributed by atoms with E-state index in [1.54, 1.807) is 0 Å². The molecule has 9 aromatic carbocycles. The Balaban J connectivity index is 1.04. The Hall–Kier alpha value is -7.36. The Morgan fingerprint density at radius 3 is 1.35 bits per heavy atom. The molecule has 1 heterocycles. The van der Waals surface area contributed by atoms with Gasteiger partial charge in [-0.25, -0.2) is 9.97 Å². The van der Waals surface area contributed by atoms with Crippen molar-refractivity contribution in [3.8, 4) is 44.8 Å². The summed E-state index contributed by atoms with van der Waals surface area (Å²) in [4.78, 5) is 13.0. The first-order chi connectivity index (χ1) is 27.3. The number of nitrogens with zero attached hydrogens (tertiary/aromatic N) is 3. The number of hydrogen-bond acceptors (Lipinski definition) is 3. The van der Waals surface area contributed by atoms with Gasteiger partial charge < -0.3 is 4.90 Å². The van der Waals surface area contributed by atoms with Crippen LogP contribution in [0.2, 0.25) is 0 Å². The van der Waals surface area contributed by atoms with Crippen LogP contribution in [0.5, 0.6) is 0 Å². The Morgan fingerprint density at radius 2 is 0.745 bits per heavy atom. The normalized spacial score (nSPS) is 11.3. The summed E-state index contributed by atoms with van der Waals surface area (Å²) in [6, 6.07) is 75.0. The van der Waals surface area contributed by atoms with Gasteiger partial charge in [0.25, 0.3) is 0 Å². The summed E-state index contributed by atoms with van der Waals surface area (Å²) >= 11 is 0. The lowest BCUT2D eigenvalue weighted by atomic mass is 9.96. The van der Waals surface area contributed by atoms with E-state index in [1.807, 2.05) is 12.1 Å². The first kappa shape index (κ1) is 32.3. The van der Waals surface area contributed by atoms with Gasteiger partial charge >= 0.3 is 0 Å². The van der Waals surface area contributed by atoms with Crippen LogP contribution in [0.3, 0.4) is 0 Å². The smallest absolute Gasteiger partial charge is 0.0979 e. The van der Waals surface area contributed by atoms with Gasteiger partial charge in [0.05, 0.1) is 22.4 Å². The molecule has 0 bridgehead atoms. The summed E-state index contributed by atoms with van der Waals surface area (Å²) in [5, 5.41) is 4.60. The lowest BCUT2D eigenvalue weighted by Crippen LogP contribution is -2.09. The summed E-state index contributed by atoms with van der Waals surface area (Å²) in [7, 11) is 0. The molecule has 3 heteroatoms. The predicted molar refractivity (Wildman–Crippen MR) is 231 cm³/mol. The summed E-state index contributed by atoms with van der Waals surface area (Å²) in [6.07, 6.45) is 0. The van der Waals surface area contributed by atoms with Crippen molar-refractivity contribution in [2.75, 3.05) is 4.90 Å². The highest BCUT2D eigenvalue weighted by Crippen LogP contribution is 2.39. The number of rotatable bonds is 7. The van der Waals surface area contributed by atoms with E-state index in [1.165, 1.54) is 27.5 Å². The van der Waals surface area contributed by atoms with Crippen LogP contribution in [0.25, 0.3) is 77.3 Å². The average Bonchev–Trinajstić information content (AvgIpc) is 3.27. The zero-order chi connectivity index (χ0) is 36.6.